The van der Waals surface area contributed by atoms with Crippen LogP contribution in [0.15, 0.2) is 0 Å². The van der Waals surface area contributed by atoms with Crippen LogP contribution in [0.2, 0.25) is 0 Å². The van der Waals surface area contributed by atoms with E-state index in [4.69, 9.17) is 11.2 Å². The molecule has 1 fully saturated rings. The average Bonchev–Trinajstić information content (AvgIpc) is 2.43. The Morgan fingerprint density at radius 2 is 2.05 bits per heavy atom. The van der Waals surface area contributed by atoms with Crippen LogP contribution >= 0.6 is 0 Å². The summed E-state index contributed by atoms with van der Waals surface area (Å²) < 4.78 is 5.33. The van der Waals surface area contributed by atoms with Crippen molar-refractivity contribution >= 4 is 6.09 Å². The SMILES string of the molecule is C#CCN1CCC(NCCCN(C)C(=O)OC(C)(C)C)CC1. The van der Waals surface area contributed by atoms with Crippen molar-refractivity contribution in [2.45, 2.75) is 51.7 Å². The highest BCUT2D eigenvalue weighted by Crippen LogP contribution is 2.10. The number of carbonyl (C=O) groups is 1. The number of likely N-dealkylation sites (tertiary alicyclic amines) is 1. The van der Waals surface area contributed by atoms with Crippen molar-refractivity contribution in [2.24, 2.45) is 0 Å². The first-order valence-electron chi connectivity index (χ1n) is 8.15. The van der Waals surface area contributed by atoms with E-state index >= 15 is 0 Å². The van der Waals surface area contributed by atoms with Crippen molar-refractivity contribution in [3.8, 4) is 12.3 Å². The van der Waals surface area contributed by atoms with Gasteiger partial charge in [-0.1, -0.05) is 5.92 Å². The van der Waals surface area contributed by atoms with Crippen LogP contribution in [-0.2, 0) is 4.74 Å². The molecule has 126 valence electrons. The zero-order valence-electron chi connectivity index (χ0n) is 14.5. The summed E-state index contributed by atoms with van der Waals surface area (Å²) in [6.07, 6.45) is 8.29. The fraction of sp³-hybridized carbons (Fsp3) is 0.824. The van der Waals surface area contributed by atoms with Gasteiger partial charge in [-0.05, 0) is 46.6 Å². The number of rotatable bonds is 6. The van der Waals surface area contributed by atoms with E-state index in [1.165, 1.54) is 0 Å². The normalized spacial score (nSPS) is 17.0. The van der Waals surface area contributed by atoms with Gasteiger partial charge in [-0.25, -0.2) is 4.79 Å². The molecular formula is C17H31N3O2. The summed E-state index contributed by atoms with van der Waals surface area (Å²) in [4.78, 5) is 15.8. The monoisotopic (exact) mass is 309 g/mol. The minimum atomic E-state index is -0.435. The number of terminal acetylenes is 1. The lowest BCUT2D eigenvalue weighted by molar-refractivity contribution is 0.0297. The molecule has 0 unspecified atom stereocenters. The van der Waals surface area contributed by atoms with Gasteiger partial charge in [-0.2, -0.15) is 0 Å². The lowest BCUT2D eigenvalue weighted by atomic mass is 10.1. The molecule has 0 aromatic carbocycles. The molecule has 0 atom stereocenters. The summed E-state index contributed by atoms with van der Waals surface area (Å²) in [6, 6.07) is 0.570. The van der Waals surface area contributed by atoms with E-state index < -0.39 is 5.60 Å². The Hall–Kier alpha value is -1.25. The molecule has 1 N–H and O–H groups in total. The van der Waals surface area contributed by atoms with Gasteiger partial charge in [0.2, 0.25) is 0 Å². The van der Waals surface area contributed by atoms with Crippen LogP contribution < -0.4 is 5.32 Å². The maximum absolute atomic E-state index is 11.8. The Morgan fingerprint density at radius 1 is 1.41 bits per heavy atom. The van der Waals surface area contributed by atoms with Gasteiger partial charge in [-0.3, -0.25) is 4.90 Å². The largest absolute Gasteiger partial charge is 0.444 e. The summed E-state index contributed by atoms with van der Waals surface area (Å²) in [7, 11) is 1.78. The summed E-state index contributed by atoms with van der Waals surface area (Å²) in [5.41, 5.74) is -0.435. The number of ether oxygens (including phenoxy) is 1. The minimum absolute atomic E-state index is 0.255. The van der Waals surface area contributed by atoms with Crippen LogP contribution in [0.5, 0.6) is 0 Å². The maximum Gasteiger partial charge on any atom is 0.410 e. The summed E-state index contributed by atoms with van der Waals surface area (Å²) >= 11 is 0. The number of nitrogens with zero attached hydrogens (tertiary/aromatic N) is 2. The van der Waals surface area contributed by atoms with E-state index in [9.17, 15) is 4.79 Å². The van der Waals surface area contributed by atoms with Crippen molar-refractivity contribution in [3.05, 3.63) is 0 Å². The Morgan fingerprint density at radius 3 is 2.59 bits per heavy atom. The third-order valence-electron chi connectivity index (χ3n) is 3.71. The van der Waals surface area contributed by atoms with Gasteiger partial charge in [0, 0.05) is 32.7 Å². The molecule has 5 nitrogen and oxygen atoms in total. The van der Waals surface area contributed by atoms with Gasteiger partial charge in [0.1, 0.15) is 5.60 Å². The van der Waals surface area contributed by atoms with Crippen molar-refractivity contribution in [1.82, 2.24) is 15.1 Å². The lowest BCUT2D eigenvalue weighted by Gasteiger charge is -2.31. The Balaban J connectivity index is 2.11. The molecule has 1 aliphatic heterocycles. The van der Waals surface area contributed by atoms with Crippen LogP contribution in [0, 0.1) is 12.3 Å². The van der Waals surface area contributed by atoms with Crippen LogP contribution in [0.3, 0.4) is 0 Å². The van der Waals surface area contributed by atoms with Crippen LogP contribution in [-0.4, -0.2) is 67.3 Å². The second-order valence-electron chi connectivity index (χ2n) is 6.96. The van der Waals surface area contributed by atoms with E-state index in [1.54, 1.807) is 11.9 Å². The van der Waals surface area contributed by atoms with Crippen LogP contribution in [0.1, 0.15) is 40.0 Å². The van der Waals surface area contributed by atoms with Crippen LogP contribution in [0.25, 0.3) is 0 Å². The molecular weight excluding hydrogens is 278 g/mol. The zero-order valence-corrected chi connectivity index (χ0v) is 14.5. The maximum atomic E-state index is 11.8. The molecule has 1 saturated heterocycles. The quantitative estimate of drug-likeness (QED) is 0.601. The van der Waals surface area contributed by atoms with Gasteiger partial charge in [0.05, 0.1) is 6.54 Å². The average molecular weight is 309 g/mol. The molecule has 1 amide bonds. The van der Waals surface area contributed by atoms with Crippen molar-refractivity contribution in [2.75, 3.05) is 39.8 Å². The van der Waals surface area contributed by atoms with Gasteiger partial charge >= 0.3 is 6.09 Å². The Labute approximate surface area is 135 Å². The van der Waals surface area contributed by atoms with Crippen LogP contribution in [0.4, 0.5) is 4.79 Å². The number of piperidine rings is 1. The number of amides is 1. The Bertz CT molecular complexity index is 376. The second-order valence-corrected chi connectivity index (χ2v) is 6.96. The zero-order chi connectivity index (χ0) is 16.6. The molecule has 5 heteroatoms. The molecule has 0 aromatic heterocycles. The highest BCUT2D eigenvalue weighted by atomic mass is 16.6. The molecule has 0 aliphatic carbocycles. The Kier molecular flexibility index (Phi) is 7.70. The summed E-state index contributed by atoms with van der Waals surface area (Å²) in [6.45, 7) is 10.2. The van der Waals surface area contributed by atoms with E-state index in [-0.39, 0.29) is 6.09 Å². The fourth-order valence-corrected chi connectivity index (χ4v) is 2.48. The molecule has 0 radical (unpaired) electrons. The molecule has 0 bridgehead atoms. The molecule has 1 rings (SSSR count). The third-order valence-corrected chi connectivity index (χ3v) is 3.71. The standard InChI is InChI=1S/C17H31N3O2/c1-6-11-20-13-8-15(9-14-20)18-10-7-12-19(5)16(21)22-17(2,3)4/h1,15,18H,7-14H2,2-5H3. The second kappa shape index (κ2) is 9.02. The number of hydrogen-bond donors (Lipinski definition) is 1. The number of carbonyl (C=O) groups excluding carboxylic acids is 1. The predicted octanol–water partition coefficient (Wildman–Crippen LogP) is 1.93. The van der Waals surface area contributed by atoms with Gasteiger partial charge in [-0.15, -0.1) is 6.42 Å². The van der Waals surface area contributed by atoms with E-state index in [2.05, 4.69) is 16.1 Å². The summed E-state index contributed by atoms with van der Waals surface area (Å²) in [5.74, 6) is 2.70. The third kappa shape index (κ3) is 7.67. The van der Waals surface area contributed by atoms with Crippen molar-refractivity contribution < 1.29 is 9.53 Å². The molecule has 1 aliphatic rings. The minimum Gasteiger partial charge on any atom is -0.444 e. The van der Waals surface area contributed by atoms with E-state index in [1.807, 2.05) is 20.8 Å². The molecule has 0 saturated carbocycles. The molecule has 0 aromatic rings. The lowest BCUT2D eigenvalue weighted by Crippen LogP contribution is -2.43. The van der Waals surface area contributed by atoms with Gasteiger partial charge in [0.15, 0.2) is 0 Å². The molecule has 1 heterocycles. The highest BCUT2D eigenvalue weighted by Gasteiger charge is 2.20. The molecule has 0 spiro atoms. The van der Waals surface area contributed by atoms with Crippen molar-refractivity contribution in [1.29, 1.82) is 0 Å². The highest BCUT2D eigenvalue weighted by molar-refractivity contribution is 5.67. The fourth-order valence-electron chi connectivity index (χ4n) is 2.48. The number of hydrogen-bond acceptors (Lipinski definition) is 4. The first kappa shape index (κ1) is 18.8. The first-order valence-corrected chi connectivity index (χ1v) is 8.15. The first-order chi connectivity index (χ1) is 10.3. The topological polar surface area (TPSA) is 44.8 Å². The number of nitrogens with one attached hydrogen (secondary N) is 1. The van der Waals surface area contributed by atoms with Gasteiger partial charge < -0.3 is 15.0 Å². The summed E-state index contributed by atoms with van der Waals surface area (Å²) in [5, 5.41) is 3.57. The predicted molar refractivity (Wildman–Crippen MR) is 89.8 cm³/mol. The molecule has 22 heavy (non-hydrogen) atoms. The smallest absolute Gasteiger partial charge is 0.410 e. The van der Waals surface area contributed by atoms with Gasteiger partial charge in [0.25, 0.3) is 0 Å². The van der Waals surface area contributed by atoms with E-state index in [0.29, 0.717) is 12.6 Å². The van der Waals surface area contributed by atoms with Crippen molar-refractivity contribution in [3.63, 3.8) is 0 Å². The van der Waals surface area contributed by atoms with E-state index in [0.717, 1.165) is 45.4 Å².